The molecule has 0 aromatic carbocycles. The molecule has 122 valence electrons. The molecule has 0 aliphatic carbocycles. The van der Waals surface area contributed by atoms with Crippen LogP contribution in [-0.2, 0) is 4.79 Å². The standard InChI is InChI=1S/C15H29N3O3/c1-4-17(5-2)10-6-9-16-14(21)18-11-7-15(3,8-12-18)13(19)20/h4-12H2,1-3H3,(H,16,21)(H,19,20). The summed E-state index contributed by atoms with van der Waals surface area (Å²) in [6.07, 6.45) is 1.98. The Morgan fingerprint density at radius 2 is 1.81 bits per heavy atom. The fourth-order valence-electron chi connectivity index (χ4n) is 2.57. The molecule has 1 aliphatic rings. The lowest BCUT2D eigenvalue weighted by atomic mass is 9.80. The number of nitrogens with one attached hydrogen (secondary N) is 1. The van der Waals surface area contributed by atoms with Crippen LogP contribution in [0.25, 0.3) is 0 Å². The maximum Gasteiger partial charge on any atom is 0.317 e. The maximum atomic E-state index is 12.0. The third kappa shape index (κ3) is 5.19. The Labute approximate surface area is 127 Å². The number of nitrogens with zero attached hydrogens (tertiary/aromatic N) is 2. The number of carboxylic acid groups (broad SMARTS) is 1. The van der Waals surface area contributed by atoms with Crippen molar-refractivity contribution < 1.29 is 14.7 Å². The first kappa shape index (κ1) is 17.8. The van der Waals surface area contributed by atoms with Crippen LogP contribution in [0.4, 0.5) is 4.79 Å². The molecule has 0 radical (unpaired) electrons. The molecule has 1 aliphatic heterocycles. The van der Waals surface area contributed by atoms with Crippen molar-refractivity contribution in [2.75, 3.05) is 39.3 Å². The van der Waals surface area contributed by atoms with Crippen LogP contribution in [0, 0.1) is 5.41 Å². The molecule has 21 heavy (non-hydrogen) atoms. The third-order valence-electron chi connectivity index (χ3n) is 4.49. The molecule has 1 rings (SSSR count). The normalized spacial score (nSPS) is 17.8. The van der Waals surface area contributed by atoms with Crippen molar-refractivity contribution in [2.45, 2.75) is 40.0 Å². The van der Waals surface area contributed by atoms with E-state index in [-0.39, 0.29) is 6.03 Å². The third-order valence-corrected chi connectivity index (χ3v) is 4.49. The number of aliphatic carboxylic acids is 1. The Bertz CT molecular complexity index is 348. The van der Waals surface area contributed by atoms with Crippen LogP contribution in [0.15, 0.2) is 0 Å². The van der Waals surface area contributed by atoms with Crippen LogP contribution in [0.1, 0.15) is 40.0 Å². The highest BCUT2D eigenvalue weighted by Gasteiger charge is 2.37. The van der Waals surface area contributed by atoms with Crippen LogP contribution in [0.3, 0.4) is 0 Å². The summed E-state index contributed by atoms with van der Waals surface area (Å²) >= 11 is 0. The summed E-state index contributed by atoms with van der Waals surface area (Å²) in [7, 11) is 0. The molecule has 2 N–H and O–H groups in total. The van der Waals surface area contributed by atoms with Gasteiger partial charge >= 0.3 is 12.0 Å². The first-order valence-corrected chi connectivity index (χ1v) is 7.91. The summed E-state index contributed by atoms with van der Waals surface area (Å²) in [5.41, 5.74) is -0.681. The number of piperidine rings is 1. The van der Waals surface area contributed by atoms with Crippen molar-refractivity contribution in [3.63, 3.8) is 0 Å². The average Bonchev–Trinajstić information content (AvgIpc) is 2.47. The van der Waals surface area contributed by atoms with Gasteiger partial charge in [-0.2, -0.15) is 0 Å². The molecule has 0 bridgehead atoms. The Kier molecular flexibility index (Phi) is 6.95. The lowest BCUT2D eigenvalue weighted by molar-refractivity contribution is -0.150. The number of likely N-dealkylation sites (tertiary alicyclic amines) is 1. The maximum absolute atomic E-state index is 12.0. The van der Waals surface area contributed by atoms with Gasteiger partial charge in [0.1, 0.15) is 0 Å². The average molecular weight is 299 g/mol. The molecule has 2 amide bonds. The topological polar surface area (TPSA) is 72.9 Å². The molecule has 6 nitrogen and oxygen atoms in total. The molecule has 0 unspecified atom stereocenters. The first-order chi connectivity index (χ1) is 9.92. The monoisotopic (exact) mass is 299 g/mol. The molecular formula is C15H29N3O3. The van der Waals surface area contributed by atoms with E-state index in [9.17, 15) is 14.7 Å². The zero-order chi connectivity index (χ0) is 15.9. The van der Waals surface area contributed by atoms with Crippen molar-refractivity contribution in [2.24, 2.45) is 5.41 Å². The van der Waals surface area contributed by atoms with Gasteiger partial charge in [0.05, 0.1) is 5.41 Å². The molecule has 1 fully saturated rings. The predicted molar refractivity (Wildman–Crippen MR) is 82.4 cm³/mol. The van der Waals surface area contributed by atoms with E-state index >= 15 is 0 Å². The lowest BCUT2D eigenvalue weighted by Crippen LogP contribution is -2.49. The van der Waals surface area contributed by atoms with E-state index < -0.39 is 11.4 Å². The van der Waals surface area contributed by atoms with Crippen molar-refractivity contribution in [3.05, 3.63) is 0 Å². The molecule has 0 spiro atoms. The van der Waals surface area contributed by atoms with Crippen molar-refractivity contribution in [3.8, 4) is 0 Å². The summed E-state index contributed by atoms with van der Waals surface area (Å²) in [4.78, 5) is 27.2. The SMILES string of the molecule is CCN(CC)CCCNC(=O)N1CCC(C)(C(=O)O)CC1. The minimum absolute atomic E-state index is 0.0676. The Morgan fingerprint density at radius 3 is 2.29 bits per heavy atom. The number of amides is 2. The number of hydrogen-bond donors (Lipinski definition) is 2. The summed E-state index contributed by atoms with van der Waals surface area (Å²) in [5, 5.41) is 12.1. The van der Waals surface area contributed by atoms with Crippen LogP contribution < -0.4 is 5.32 Å². The smallest absolute Gasteiger partial charge is 0.317 e. The van der Waals surface area contributed by atoms with Crippen molar-refractivity contribution in [1.82, 2.24) is 15.1 Å². The van der Waals surface area contributed by atoms with Gasteiger partial charge in [0.2, 0.25) is 0 Å². The van der Waals surface area contributed by atoms with Gasteiger partial charge in [-0.25, -0.2) is 4.79 Å². The quantitative estimate of drug-likeness (QED) is 0.701. The fraction of sp³-hybridized carbons (Fsp3) is 0.867. The summed E-state index contributed by atoms with van der Waals surface area (Å²) in [5.74, 6) is -0.762. The zero-order valence-electron chi connectivity index (χ0n) is 13.5. The number of urea groups is 1. The van der Waals surface area contributed by atoms with Crippen LogP contribution in [0.5, 0.6) is 0 Å². The van der Waals surface area contributed by atoms with E-state index in [2.05, 4.69) is 24.1 Å². The van der Waals surface area contributed by atoms with E-state index in [0.29, 0.717) is 32.5 Å². The van der Waals surface area contributed by atoms with Crippen LogP contribution in [0.2, 0.25) is 0 Å². The van der Waals surface area contributed by atoms with Crippen molar-refractivity contribution >= 4 is 12.0 Å². The molecule has 0 aromatic rings. The van der Waals surface area contributed by atoms with Gasteiger partial charge in [-0.05, 0) is 45.8 Å². The van der Waals surface area contributed by atoms with E-state index in [1.54, 1.807) is 11.8 Å². The molecule has 0 saturated carbocycles. The second-order valence-electron chi connectivity index (χ2n) is 5.97. The number of rotatable bonds is 7. The van der Waals surface area contributed by atoms with Gasteiger partial charge in [0, 0.05) is 19.6 Å². The summed E-state index contributed by atoms with van der Waals surface area (Å²) in [6, 6.07) is -0.0676. The Morgan fingerprint density at radius 1 is 1.24 bits per heavy atom. The first-order valence-electron chi connectivity index (χ1n) is 7.91. The summed E-state index contributed by atoms with van der Waals surface area (Å²) < 4.78 is 0. The highest BCUT2D eigenvalue weighted by molar-refractivity contribution is 5.76. The minimum atomic E-state index is -0.762. The zero-order valence-corrected chi connectivity index (χ0v) is 13.5. The van der Waals surface area contributed by atoms with Gasteiger partial charge in [-0.15, -0.1) is 0 Å². The Balaban J connectivity index is 2.24. The van der Waals surface area contributed by atoms with Gasteiger partial charge in [-0.1, -0.05) is 13.8 Å². The van der Waals surface area contributed by atoms with Crippen LogP contribution in [-0.4, -0.2) is 66.2 Å². The van der Waals surface area contributed by atoms with E-state index in [4.69, 9.17) is 0 Å². The van der Waals surface area contributed by atoms with Crippen LogP contribution >= 0.6 is 0 Å². The van der Waals surface area contributed by atoms with E-state index in [0.717, 1.165) is 26.1 Å². The Hall–Kier alpha value is -1.30. The lowest BCUT2D eigenvalue weighted by Gasteiger charge is -2.36. The molecule has 0 atom stereocenters. The molecule has 0 aromatic heterocycles. The fourth-order valence-corrected chi connectivity index (χ4v) is 2.57. The molecular weight excluding hydrogens is 270 g/mol. The molecule has 6 heteroatoms. The van der Waals surface area contributed by atoms with E-state index in [1.165, 1.54) is 0 Å². The summed E-state index contributed by atoms with van der Waals surface area (Å²) in [6.45, 7) is 10.8. The number of carbonyl (C=O) groups is 2. The van der Waals surface area contributed by atoms with Gasteiger partial charge in [-0.3, -0.25) is 4.79 Å². The van der Waals surface area contributed by atoms with Gasteiger partial charge in [0.15, 0.2) is 0 Å². The van der Waals surface area contributed by atoms with Gasteiger partial charge < -0.3 is 20.2 Å². The number of hydrogen-bond acceptors (Lipinski definition) is 3. The molecule has 1 saturated heterocycles. The van der Waals surface area contributed by atoms with E-state index in [1.807, 2.05) is 0 Å². The predicted octanol–water partition coefficient (Wildman–Crippen LogP) is 1.61. The number of carboxylic acids is 1. The highest BCUT2D eigenvalue weighted by Crippen LogP contribution is 2.30. The highest BCUT2D eigenvalue weighted by atomic mass is 16.4. The van der Waals surface area contributed by atoms with Gasteiger partial charge in [0.25, 0.3) is 0 Å². The van der Waals surface area contributed by atoms with Crippen molar-refractivity contribution in [1.29, 1.82) is 0 Å². The molecule has 1 heterocycles. The minimum Gasteiger partial charge on any atom is -0.481 e. The second kappa shape index (κ2) is 8.22. The largest absolute Gasteiger partial charge is 0.481 e. The second-order valence-corrected chi connectivity index (χ2v) is 5.97. The number of carbonyl (C=O) groups excluding carboxylic acids is 1.